The molecule has 0 aliphatic carbocycles. The minimum Gasteiger partial charge on any atom is -0.450 e. The molecular weight excluding hydrogens is 449 g/mol. The molecule has 0 fully saturated rings. The first kappa shape index (κ1) is 22.9. The monoisotopic (exact) mass is 469 g/mol. The number of carbonyl (C=O) groups is 1. The molecule has 11 heteroatoms. The van der Waals surface area contributed by atoms with Gasteiger partial charge in [0.25, 0.3) is 0 Å². The first-order valence-electron chi connectivity index (χ1n) is 10.2. The number of aromatic nitrogens is 2. The zero-order valence-electron chi connectivity index (χ0n) is 18.5. The fraction of sp³-hybridized carbons (Fsp3) is 0.217. The van der Waals surface area contributed by atoms with Crippen LogP contribution in [0.1, 0.15) is 19.4 Å². The van der Waals surface area contributed by atoms with Crippen LogP contribution in [0.3, 0.4) is 0 Å². The number of aromatic amines is 1. The lowest BCUT2D eigenvalue weighted by Crippen LogP contribution is -2.17. The molecule has 0 amide bonds. The maximum absolute atomic E-state index is 13.5. The van der Waals surface area contributed by atoms with Crippen molar-refractivity contribution in [2.75, 3.05) is 7.11 Å². The zero-order valence-corrected chi connectivity index (χ0v) is 18.5. The van der Waals surface area contributed by atoms with Crippen LogP contribution < -0.4 is 9.47 Å². The summed E-state index contributed by atoms with van der Waals surface area (Å²) >= 11 is 0. The van der Waals surface area contributed by atoms with E-state index in [9.17, 15) is 19.3 Å². The molecule has 176 valence electrons. The molecule has 0 bridgehead atoms. The molecule has 4 rings (SSSR count). The molecule has 0 aliphatic rings. The number of hydrogen-bond acceptors (Lipinski definition) is 8. The van der Waals surface area contributed by atoms with Crippen LogP contribution in [0.25, 0.3) is 21.8 Å². The van der Waals surface area contributed by atoms with Crippen LogP contribution in [0.2, 0.25) is 0 Å². The average Bonchev–Trinajstić information content (AvgIpc) is 3.14. The van der Waals surface area contributed by atoms with Gasteiger partial charge in [-0.2, -0.15) is 0 Å². The Morgan fingerprint density at radius 1 is 1.21 bits per heavy atom. The Bertz CT molecular complexity index is 1400. The number of nitrogens with zero attached hydrogens (tertiary/aromatic N) is 2. The number of carbonyl (C=O) groups excluding carboxylic acids is 1. The van der Waals surface area contributed by atoms with E-state index in [-0.39, 0.29) is 30.1 Å². The molecule has 0 unspecified atom stereocenters. The van der Waals surface area contributed by atoms with Gasteiger partial charge >= 0.3 is 11.8 Å². The van der Waals surface area contributed by atoms with Crippen LogP contribution in [0, 0.1) is 15.9 Å². The van der Waals surface area contributed by atoms with Crippen molar-refractivity contribution < 1.29 is 33.1 Å². The molecule has 34 heavy (non-hydrogen) atoms. The van der Waals surface area contributed by atoms with Crippen molar-refractivity contribution in [1.29, 1.82) is 0 Å². The average molecular weight is 469 g/mol. The van der Waals surface area contributed by atoms with Crippen molar-refractivity contribution in [3.05, 3.63) is 64.1 Å². The van der Waals surface area contributed by atoms with Gasteiger partial charge in [0.1, 0.15) is 11.6 Å². The Kier molecular flexibility index (Phi) is 6.28. The van der Waals surface area contributed by atoms with Crippen molar-refractivity contribution in [2.24, 2.45) is 0 Å². The van der Waals surface area contributed by atoms with E-state index < -0.39 is 22.6 Å². The van der Waals surface area contributed by atoms with E-state index in [1.165, 1.54) is 19.4 Å². The predicted molar refractivity (Wildman–Crippen MR) is 120 cm³/mol. The number of ether oxygens (including phenoxy) is 4. The van der Waals surface area contributed by atoms with Gasteiger partial charge in [0, 0.05) is 23.4 Å². The molecule has 2 aromatic heterocycles. The van der Waals surface area contributed by atoms with Gasteiger partial charge in [-0.05, 0) is 44.2 Å². The lowest BCUT2D eigenvalue weighted by molar-refractivity contribution is -0.385. The lowest BCUT2D eigenvalue weighted by Gasteiger charge is -2.12. The van der Waals surface area contributed by atoms with E-state index in [1.807, 2.05) is 0 Å². The van der Waals surface area contributed by atoms with Gasteiger partial charge in [0.15, 0.2) is 0 Å². The predicted octanol–water partition coefficient (Wildman–Crippen LogP) is 5.63. The highest BCUT2D eigenvalue weighted by Gasteiger charge is 2.21. The van der Waals surface area contributed by atoms with Gasteiger partial charge < -0.3 is 23.9 Å². The van der Waals surface area contributed by atoms with Gasteiger partial charge in [-0.3, -0.25) is 10.1 Å². The number of benzene rings is 2. The summed E-state index contributed by atoms with van der Waals surface area (Å²) < 4.78 is 34.8. The van der Waals surface area contributed by atoms with Crippen molar-refractivity contribution in [3.63, 3.8) is 0 Å². The molecule has 1 N–H and O–H groups in total. The van der Waals surface area contributed by atoms with Crippen molar-refractivity contribution in [3.8, 4) is 17.4 Å². The fourth-order valence-corrected chi connectivity index (χ4v) is 3.49. The number of nitrogens with one attached hydrogen (secondary N) is 1. The molecular formula is C23H20FN3O7. The Labute approximate surface area is 192 Å². The Balaban J connectivity index is 1.80. The fourth-order valence-electron chi connectivity index (χ4n) is 3.49. The first-order valence-corrected chi connectivity index (χ1v) is 10.2. The number of pyridine rings is 1. The molecule has 0 spiro atoms. The van der Waals surface area contributed by atoms with Gasteiger partial charge in [0.2, 0.25) is 11.6 Å². The molecule has 0 saturated carbocycles. The number of halogens is 1. The zero-order chi connectivity index (χ0) is 24.4. The van der Waals surface area contributed by atoms with E-state index in [4.69, 9.17) is 18.9 Å². The SMILES string of the molecule is COCc1c(OC(=O)OC(C)C)ncc2[nH]c3ccc(Oc4ccc(F)cc4[N+](=O)[O-])cc3c12. The van der Waals surface area contributed by atoms with Crippen LogP contribution in [-0.4, -0.2) is 34.3 Å². The number of methoxy groups -OCH3 is 1. The summed E-state index contributed by atoms with van der Waals surface area (Å²) in [5, 5.41) is 12.6. The number of hydrogen-bond donors (Lipinski definition) is 1. The number of nitro benzene ring substituents is 1. The van der Waals surface area contributed by atoms with Crippen molar-refractivity contribution in [1.82, 2.24) is 9.97 Å². The maximum Gasteiger partial charge on any atom is 0.515 e. The molecule has 0 aliphatic heterocycles. The molecule has 0 saturated heterocycles. The number of H-pyrrole nitrogens is 1. The quantitative estimate of drug-likeness (QED) is 0.210. The summed E-state index contributed by atoms with van der Waals surface area (Å²) in [5.41, 5.74) is 1.37. The lowest BCUT2D eigenvalue weighted by atomic mass is 10.1. The van der Waals surface area contributed by atoms with Crippen LogP contribution in [0.15, 0.2) is 42.6 Å². The van der Waals surface area contributed by atoms with Crippen LogP contribution in [0.4, 0.5) is 14.9 Å². The van der Waals surface area contributed by atoms with Crippen molar-refractivity contribution in [2.45, 2.75) is 26.6 Å². The van der Waals surface area contributed by atoms with E-state index in [2.05, 4.69) is 9.97 Å². The second kappa shape index (κ2) is 9.32. The van der Waals surface area contributed by atoms with Gasteiger partial charge in [-0.15, -0.1) is 0 Å². The van der Waals surface area contributed by atoms with Gasteiger partial charge in [-0.1, -0.05) is 0 Å². The summed E-state index contributed by atoms with van der Waals surface area (Å²) in [7, 11) is 1.49. The summed E-state index contributed by atoms with van der Waals surface area (Å²) in [5.74, 6) is -0.539. The summed E-state index contributed by atoms with van der Waals surface area (Å²) in [6, 6.07) is 8.07. The molecule has 0 radical (unpaired) electrons. The van der Waals surface area contributed by atoms with E-state index in [0.717, 1.165) is 17.6 Å². The minimum absolute atomic E-state index is 0.0291. The number of fused-ring (bicyclic) bond motifs is 3. The second-order valence-corrected chi connectivity index (χ2v) is 7.59. The third-order valence-electron chi connectivity index (χ3n) is 4.82. The number of rotatable bonds is 7. The van der Waals surface area contributed by atoms with Gasteiger partial charge in [-0.25, -0.2) is 14.2 Å². The second-order valence-electron chi connectivity index (χ2n) is 7.59. The smallest absolute Gasteiger partial charge is 0.450 e. The summed E-state index contributed by atoms with van der Waals surface area (Å²) in [6.45, 7) is 3.47. The van der Waals surface area contributed by atoms with Crippen LogP contribution >= 0.6 is 0 Å². The first-order chi connectivity index (χ1) is 16.3. The summed E-state index contributed by atoms with van der Waals surface area (Å²) in [4.78, 5) is 30.1. The molecule has 2 heterocycles. The summed E-state index contributed by atoms with van der Waals surface area (Å²) in [6.07, 6.45) is 0.245. The highest BCUT2D eigenvalue weighted by molar-refractivity contribution is 6.09. The Morgan fingerprint density at radius 3 is 2.71 bits per heavy atom. The normalized spacial score (nSPS) is 11.2. The van der Waals surface area contributed by atoms with E-state index >= 15 is 0 Å². The standard InChI is InChI=1S/C23H20FN3O7/c1-12(2)32-23(28)34-22-16(11-31-3)21-15-9-14(5-6-17(15)26-18(21)10-25-22)33-20-7-4-13(24)8-19(20)27(29)30/h4-10,12,26H,11H2,1-3H3. The third-order valence-corrected chi connectivity index (χ3v) is 4.82. The highest BCUT2D eigenvalue weighted by atomic mass is 19.1. The van der Waals surface area contributed by atoms with E-state index in [1.54, 1.807) is 32.0 Å². The minimum atomic E-state index is -0.897. The third kappa shape index (κ3) is 4.59. The molecule has 4 aromatic rings. The topological polar surface area (TPSA) is 126 Å². The van der Waals surface area contributed by atoms with Gasteiger partial charge in [0.05, 0.1) is 41.0 Å². The molecule has 0 atom stereocenters. The van der Waals surface area contributed by atoms with Crippen LogP contribution in [-0.2, 0) is 16.1 Å². The highest BCUT2D eigenvalue weighted by Crippen LogP contribution is 2.37. The van der Waals surface area contributed by atoms with Crippen molar-refractivity contribution >= 4 is 33.6 Å². The Hall–Kier alpha value is -4.25. The molecule has 10 nitrogen and oxygen atoms in total. The maximum atomic E-state index is 13.5. The number of nitro groups is 1. The van der Waals surface area contributed by atoms with Crippen LogP contribution in [0.5, 0.6) is 17.4 Å². The Morgan fingerprint density at radius 2 is 2.00 bits per heavy atom. The van der Waals surface area contributed by atoms with E-state index in [0.29, 0.717) is 21.9 Å². The largest absolute Gasteiger partial charge is 0.515 e. The molecule has 2 aromatic carbocycles.